The summed E-state index contributed by atoms with van der Waals surface area (Å²) in [6.45, 7) is 0. The van der Waals surface area contributed by atoms with Gasteiger partial charge in [-0.25, -0.2) is 14.8 Å². The summed E-state index contributed by atoms with van der Waals surface area (Å²) in [7, 11) is 1.45. The number of methoxy groups -OCH3 is 1. The molecule has 1 heterocycles. The number of hydrazone groups is 1. The number of rotatable bonds is 7. The zero-order valence-electron chi connectivity index (χ0n) is 15.6. The van der Waals surface area contributed by atoms with Gasteiger partial charge >= 0.3 is 0 Å². The van der Waals surface area contributed by atoms with E-state index in [0.717, 1.165) is 6.20 Å². The van der Waals surface area contributed by atoms with Crippen LogP contribution in [0.4, 0.5) is 10.1 Å². The van der Waals surface area contributed by atoms with Gasteiger partial charge in [0.05, 0.1) is 18.2 Å². The Hall–Kier alpha value is -4.34. The third-order valence-corrected chi connectivity index (χ3v) is 3.82. The molecule has 0 radical (unpaired) electrons. The predicted molar refractivity (Wildman–Crippen MR) is 105 cm³/mol. The minimum Gasteiger partial charge on any atom is -0.493 e. The van der Waals surface area contributed by atoms with E-state index in [9.17, 15) is 19.3 Å². The fourth-order valence-electron chi connectivity index (χ4n) is 2.33. The average Bonchev–Trinajstić information content (AvgIpc) is 2.75. The molecule has 1 amide bonds. The molecule has 0 unspecified atom stereocenters. The maximum Gasteiger partial charge on any atom is 0.287 e. The summed E-state index contributed by atoms with van der Waals surface area (Å²) >= 11 is 0. The summed E-state index contributed by atoms with van der Waals surface area (Å²) < 4.78 is 23.8. The Kier molecular flexibility index (Phi) is 6.28. The number of nitrogens with one attached hydrogen (secondary N) is 1. The maximum absolute atomic E-state index is 12.9. The van der Waals surface area contributed by atoms with Gasteiger partial charge < -0.3 is 9.47 Å². The van der Waals surface area contributed by atoms with Gasteiger partial charge in [-0.1, -0.05) is 0 Å². The van der Waals surface area contributed by atoms with E-state index in [1.165, 1.54) is 49.7 Å². The Balaban J connectivity index is 1.67. The van der Waals surface area contributed by atoms with Crippen LogP contribution >= 0.6 is 0 Å². The summed E-state index contributed by atoms with van der Waals surface area (Å²) in [5.74, 6) is -0.0574. The van der Waals surface area contributed by atoms with Crippen molar-refractivity contribution in [1.82, 2.24) is 10.4 Å². The molecule has 0 saturated heterocycles. The maximum atomic E-state index is 12.9. The highest BCUT2D eigenvalue weighted by molar-refractivity contribution is 5.94. The summed E-state index contributed by atoms with van der Waals surface area (Å²) in [5.41, 5.74) is 3.07. The second kappa shape index (κ2) is 9.24. The molecule has 9 nitrogen and oxygen atoms in total. The molecule has 1 aromatic heterocycles. The van der Waals surface area contributed by atoms with Crippen molar-refractivity contribution in [1.29, 1.82) is 0 Å². The molecule has 152 valence electrons. The molecule has 0 saturated carbocycles. The molecule has 0 aliphatic rings. The first-order valence-electron chi connectivity index (χ1n) is 8.51. The Morgan fingerprint density at radius 1 is 1.17 bits per heavy atom. The Morgan fingerprint density at radius 3 is 2.57 bits per heavy atom. The smallest absolute Gasteiger partial charge is 0.287 e. The van der Waals surface area contributed by atoms with Crippen molar-refractivity contribution in [2.45, 2.75) is 0 Å². The minimum absolute atomic E-state index is 0.149. The van der Waals surface area contributed by atoms with E-state index in [2.05, 4.69) is 15.5 Å². The zero-order chi connectivity index (χ0) is 21.5. The summed E-state index contributed by atoms with van der Waals surface area (Å²) in [4.78, 5) is 26.0. The predicted octanol–water partition coefficient (Wildman–Crippen LogP) is 3.69. The highest BCUT2D eigenvalue weighted by Gasteiger charge is 2.10. The third kappa shape index (κ3) is 5.13. The molecule has 1 N–H and O–H groups in total. The topological polar surface area (TPSA) is 116 Å². The van der Waals surface area contributed by atoms with Crippen LogP contribution < -0.4 is 14.9 Å². The van der Waals surface area contributed by atoms with Crippen molar-refractivity contribution < 1.29 is 23.6 Å². The standard InChI is InChI=1S/C20H15FN4O5/c1-29-18-10-13(11-23-24-20(26)14-3-5-15(21)6-4-14)2-8-17(18)30-19-9-7-16(12-22-19)25(27)28/h2-12H,1H3,(H,24,26). The molecular weight excluding hydrogens is 395 g/mol. The van der Waals surface area contributed by atoms with E-state index in [-0.39, 0.29) is 17.1 Å². The van der Waals surface area contributed by atoms with Crippen molar-refractivity contribution in [3.05, 3.63) is 87.9 Å². The summed E-state index contributed by atoms with van der Waals surface area (Å²) in [6.07, 6.45) is 2.49. The number of pyridine rings is 1. The van der Waals surface area contributed by atoms with Crippen molar-refractivity contribution in [2.75, 3.05) is 7.11 Å². The number of hydrogen-bond donors (Lipinski definition) is 1. The monoisotopic (exact) mass is 410 g/mol. The molecule has 3 rings (SSSR count). The fraction of sp³-hybridized carbons (Fsp3) is 0.0500. The van der Waals surface area contributed by atoms with Crippen LogP contribution in [0.1, 0.15) is 15.9 Å². The number of halogens is 1. The lowest BCUT2D eigenvalue weighted by Gasteiger charge is -2.10. The second-order valence-electron chi connectivity index (χ2n) is 5.83. The highest BCUT2D eigenvalue weighted by atomic mass is 19.1. The van der Waals surface area contributed by atoms with Crippen LogP contribution in [0, 0.1) is 15.9 Å². The van der Waals surface area contributed by atoms with E-state index in [0.29, 0.717) is 17.1 Å². The molecule has 0 fully saturated rings. The van der Waals surface area contributed by atoms with Gasteiger partial charge in [0.2, 0.25) is 5.88 Å². The Bertz CT molecular complexity index is 1090. The van der Waals surface area contributed by atoms with Gasteiger partial charge in [-0.2, -0.15) is 5.10 Å². The van der Waals surface area contributed by atoms with Gasteiger partial charge in [0, 0.05) is 17.7 Å². The lowest BCUT2D eigenvalue weighted by Crippen LogP contribution is -2.17. The van der Waals surface area contributed by atoms with Crippen LogP contribution in [0.25, 0.3) is 0 Å². The first-order valence-corrected chi connectivity index (χ1v) is 8.51. The van der Waals surface area contributed by atoms with E-state index < -0.39 is 16.6 Å². The van der Waals surface area contributed by atoms with Crippen LogP contribution in [-0.2, 0) is 0 Å². The van der Waals surface area contributed by atoms with E-state index in [4.69, 9.17) is 9.47 Å². The van der Waals surface area contributed by atoms with Gasteiger partial charge in [0.15, 0.2) is 11.5 Å². The molecule has 3 aromatic rings. The molecular formula is C20H15FN4O5. The van der Waals surface area contributed by atoms with Crippen LogP contribution in [0.5, 0.6) is 17.4 Å². The number of hydrogen-bond acceptors (Lipinski definition) is 7. The zero-order valence-corrected chi connectivity index (χ0v) is 15.6. The largest absolute Gasteiger partial charge is 0.493 e. The van der Waals surface area contributed by atoms with Crippen molar-refractivity contribution in [3.63, 3.8) is 0 Å². The van der Waals surface area contributed by atoms with Gasteiger partial charge in [0.1, 0.15) is 12.0 Å². The van der Waals surface area contributed by atoms with E-state index in [1.54, 1.807) is 18.2 Å². The molecule has 2 aromatic carbocycles. The van der Waals surface area contributed by atoms with Crippen LogP contribution in [0.3, 0.4) is 0 Å². The van der Waals surface area contributed by atoms with E-state index >= 15 is 0 Å². The molecule has 0 aliphatic heterocycles. The minimum atomic E-state index is -0.555. The third-order valence-electron chi connectivity index (χ3n) is 3.82. The summed E-state index contributed by atoms with van der Waals surface area (Å²) in [5, 5.41) is 14.5. The molecule has 30 heavy (non-hydrogen) atoms. The Morgan fingerprint density at radius 2 is 1.93 bits per heavy atom. The molecule has 0 spiro atoms. The van der Waals surface area contributed by atoms with E-state index in [1.807, 2.05) is 0 Å². The highest BCUT2D eigenvalue weighted by Crippen LogP contribution is 2.31. The van der Waals surface area contributed by atoms with Gasteiger partial charge in [-0.05, 0) is 48.0 Å². The van der Waals surface area contributed by atoms with Gasteiger partial charge in [0.25, 0.3) is 11.6 Å². The lowest BCUT2D eigenvalue weighted by atomic mass is 10.2. The number of amides is 1. The first kappa shape index (κ1) is 20.4. The van der Waals surface area contributed by atoms with Crippen molar-refractivity contribution in [3.8, 4) is 17.4 Å². The molecule has 10 heteroatoms. The summed E-state index contributed by atoms with van der Waals surface area (Å²) in [6, 6.07) is 12.6. The van der Waals surface area contributed by atoms with Gasteiger partial charge in [-0.15, -0.1) is 0 Å². The molecule has 0 aliphatic carbocycles. The number of nitro groups is 1. The second-order valence-corrected chi connectivity index (χ2v) is 5.83. The number of aromatic nitrogens is 1. The van der Waals surface area contributed by atoms with Crippen LogP contribution in [-0.4, -0.2) is 29.1 Å². The van der Waals surface area contributed by atoms with Crippen molar-refractivity contribution in [2.24, 2.45) is 5.10 Å². The number of carbonyl (C=O) groups is 1. The lowest BCUT2D eigenvalue weighted by molar-refractivity contribution is -0.385. The SMILES string of the molecule is COc1cc(C=NNC(=O)c2ccc(F)cc2)ccc1Oc1ccc([N+](=O)[O-])cn1. The number of nitrogens with zero attached hydrogens (tertiary/aromatic N) is 3. The number of ether oxygens (including phenoxy) is 2. The Labute approximate surface area is 169 Å². The quantitative estimate of drug-likeness (QED) is 0.361. The van der Waals surface area contributed by atoms with Crippen molar-refractivity contribution >= 4 is 17.8 Å². The fourth-order valence-corrected chi connectivity index (χ4v) is 2.33. The number of benzene rings is 2. The normalized spacial score (nSPS) is 10.6. The number of carbonyl (C=O) groups excluding carboxylic acids is 1. The molecule has 0 bridgehead atoms. The van der Waals surface area contributed by atoms with Crippen LogP contribution in [0.15, 0.2) is 65.9 Å². The average molecular weight is 410 g/mol. The molecule has 0 atom stereocenters. The van der Waals surface area contributed by atoms with Gasteiger partial charge in [-0.3, -0.25) is 14.9 Å². The first-order chi connectivity index (χ1) is 14.5. The van der Waals surface area contributed by atoms with Crippen LogP contribution in [0.2, 0.25) is 0 Å².